The van der Waals surface area contributed by atoms with Crippen molar-refractivity contribution in [3.8, 4) is 5.75 Å². The van der Waals surface area contributed by atoms with E-state index in [4.69, 9.17) is 0 Å². The summed E-state index contributed by atoms with van der Waals surface area (Å²) in [7, 11) is 0. The predicted octanol–water partition coefficient (Wildman–Crippen LogP) is 7.33. The number of rotatable bonds is 3. The van der Waals surface area contributed by atoms with E-state index in [9.17, 15) is 15.2 Å². The first-order valence-electron chi connectivity index (χ1n) is 8.94. The second-order valence-electron chi connectivity index (χ2n) is 8.57. The van der Waals surface area contributed by atoms with Gasteiger partial charge in [0.2, 0.25) is 0 Å². The van der Waals surface area contributed by atoms with Gasteiger partial charge in [-0.2, -0.15) is 0 Å². The van der Waals surface area contributed by atoms with Gasteiger partial charge in [-0.05, 0) is 40.2 Å². The van der Waals surface area contributed by atoms with Gasteiger partial charge >= 0.3 is 43.0 Å². The van der Waals surface area contributed by atoms with Gasteiger partial charge in [0.25, 0.3) is 5.69 Å². The Bertz CT molecular complexity index is 871. The number of benzene rings is 2. The van der Waals surface area contributed by atoms with Crippen molar-refractivity contribution in [2.45, 2.75) is 52.4 Å². The van der Waals surface area contributed by atoms with Gasteiger partial charge in [-0.1, -0.05) is 47.6 Å². The standard InChI is InChI=1S/C21H26N2O3.2BrH.Zr/c1-20(2,3)15-11-17(21(4,5)6)19(24)18(12-15)22-13-14-7-9-16(10-8-14)23(25)26;;;/h7-13,24H,1-6H3;2*1H;/q;;;+2/p-2. The van der Waals surface area contributed by atoms with E-state index < -0.39 is 4.92 Å². The van der Waals surface area contributed by atoms with Gasteiger partial charge in [-0.15, -0.1) is 0 Å². The molecule has 0 amide bonds. The maximum absolute atomic E-state index is 10.7. The molecule has 1 N–H and O–H groups in total. The molecule has 0 aromatic heterocycles. The fourth-order valence-corrected chi connectivity index (χ4v) is 2.55. The molecular weight excluding hydrogens is 579 g/mol. The zero-order valence-electron chi connectivity index (χ0n) is 17.5. The van der Waals surface area contributed by atoms with Crippen molar-refractivity contribution >= 4 is 42.0 Å². The molecule has 156 valence electrons. The molecule has 2 rings (SSSR count). The number of hydrogen-bond acceptors (Lipinski definition) is 4. The first-order valence-corrected chi connectivity index (χ1v) is 20.2. The molecule has 0 radical (unpaired) electrons. The summed E-state index contributed by atoms with van der Waals surface area (Å²) in [4.78, 5) is 14.8. The molecule has 0 heterocycles. The number of nitro benzene ring substituents is 1. The summed E-state index contributed by atoms with van der Waals surface area (Å²) in [5.74, 6) is 0.170. The molecule has 0 aliphatic heterocycles. The zero-order chi connectivity index (χ0) is 22.4. The van der Waals surface area contributed by atoms with E-state index in [0.29, 0.717) is 5.69 Å². The Labute approximate surface area is 195 Å². The molecule has 29 heavy (non-hydrogen) atoms. The van der Waals surface area contributed by atoms with Crippen molar-refractivity contribution < 1.29 is 28.6 Å². The first-order chi connectivity index (χ1) is 13.3. The molecule has 5 nitrogen and oxygen atoms in total. The molecule has 0 aliphatic carbocycles. The Kier molecular flexibility index (Phi) is 9.90. The van der Waals surface area contributed by atoms with Gasteiger partial charge in [0.05, 0.1) is 4.92 Å². The number of phenols is 1. The molecule has 2 aromatic carbocycles. The Morgan fingerprint density at radius 2 is 1.55 bits per heavy atom. The Morgan fingerprint density at radius 3 is 1.97 bits per heavy atom. The number of hydrogen-bond donors (Lipinski definition) is 1. The Hall–Kier alpha value is -0.847. The molecular formula is C21H26Br2N2O3Zr. The van der Waals surface area contributed by atoms with E-state index >= 15 is 0 Å². The number of halogens is 2. The number of phenolic OH excluding ortho intramolecular Hbond substituents is 1. The van der Waals surface area contributed by atoms with Gasteiger partial charge in [-0.3, -0.25) is 15.1 Å². The normalized spacial score (nSPS) is 11.7. The van der Waals surface area contributed by atoms with Crippen LogP contribution >= 0.6 is 24.4 Å². The van der Waals surface area contributed by atoms with Crippen LogP contribution in [-0.4, -0.2) is 16.2 Å². The van der Waals surface area contributed by atoms with Crippen LogP contribution in [0.1, 0.15) is 58.2 Å². The van der Waals surface area contributed by atoms with Gasteiger partial charge in [0.1, 0.15) is 11.4 Å². The van der Waals surface area contributed by atoms with Crippen LogP contribution < -0.4 is 0 Å². The molecule has 0 bridgehead atoms. The minimum absolute atomic E-state index is 0.0368. The van der Waals surface area contributed by atoms with Crippen molar-refractivity contribution in [1.82, 2.24) is 0 Å². The van der Waals surface area contributed by atoms with Crippen LogP contribution in [0.25, 0.3) is 0 Å². The monoisotopic (exact) mass is 602 g/mol. The summed E-state index contributed by atoms with van der Waals surface area (Å²) in [6.07, 6.45) is 1.61. The van der Waals surface area contributed by atoms with Crippen LogP contribution in [-0.2, 0) is 29.4 Å². The SMILES string of the molecule is CC(C)(C)c1cc(N=Cc2ccc([N+](=O)[O-])cc2)c(O)c(C(C)(C)C)c1.[Br][Zr][Br]. The summed E-state index contributed by atoms with van der Waals surface area (Å²) in [5.41, 5.74) is 2.91. The molecule has 0 saturated heterocycles. The van der Waals surface area contributed by atoms with E-state index in [0.717, 1.165) is 16.7 Å². The van der Waals surface area contributed by atoms with Crippen LogP contribution in [0.3, 0.4) is 0 Å². The summed E-state index contributed by atoms with van der Waals surface area (Å²) in [5, 5.41) is 21.4. The molecule has 0 saturated carbocycles. The fourth-order valence-electron chi connectivity index (χ4n) is 2.55. The first kappa shape index (κ1) is 26.2. The summed E-state index contributed by atoms with van der Waals surface area (Å²) >= 11 is 6.32. The topological polar surface area (TPSA) is 75.7 Å². The molecule has 0 atom stereocenters. The number of aliphatic imine (C=N–C) groups is 1. The number of non-ortho nitro benzene ring substituents is 1. The summed E-state index contributed by atoms with van der Waals surface area (Å²) in [6.45, 7) is 12.5. The molecule has 0 spiro atoms. The van der Waals surface area contributed by atoms with E-state index in [1.165, 1.54) is 12.1 Å². The van der Waals surface area contributed by atoms with E-state index in [1.54, 1.807) is 18.3 Å². The number of aromatic hydroxyl groups is 1. The second-order valence-corrected chi connectivity index (χ2v) is 19.9. The van der Waals surface area contributed by atoms with Crippen molar-refractivity contribution in [2.24, 2.45) is 4.99 Å². The van der Waals surface area contributed by atoms with Crippen LogP contribution in [0.4, 0.5) is 11.4 Å². The van der Waals surface area contributed by atoms with Crippen LogP contribution in [0.15, 0.2) is 41.4 Å². The van der Waals surface area contributed by atoms with Crippen molar-refractivity contribution in [3.05, 3.63) is 63.2 Å². The van der Waals surface area contributed by atoms with Crippen molar-refractivity contribution in [1.29, 1.82) is 0 Å². The van der Waals surface area contributed by atoms with Crippen molar-refractivity contribution in [2.75, 3.05) is 0 Å². The second kappa shape index (κ2) is 11.0. The summed E-state index contributed by atoms with van der Waals surface area (Å²) < 4.78 is 0. The van der Waals surface area contributed by atoms with Crippen LogP contribution in [0.2, 0.25) is 0 Å². The average Bonchev–Trinajstić information content (AvgIpc) is 2.59. The van der Waals surface area contributed by atoms with Gasteiger partial charge in [-0.25, -0.2) is 0 Å². The Morgan fingerprint density at radius 1 is 1.03 bits per heavy atom. The van der Waals surface area contributed by atoms with Gasteiger partial charge in [0, 0.05) is 23.9 Å². The zero-order valence-corrected chi connectivity index (χ0v) is 23.1. The molecule has 0 unspecified atom stereocenters. The van der Waals surface area contributed by atoms with Gasteiger partial charge in [0.15, 0.2) is 0 Å². The molecule has 0 fully saturated rings. The molecule has 2 aromatic rings. The van der Waals surface area contributed by atoms with E-state index in [2.05, 4.69) is 71.0 Å². The predicted molar refractivity (Wildman–Crippen MR) is 124 cm³/mol. The third-order valence-electron chi connectivity index (χ3n) is 4.22. The Balaban J connectivity index is 0.00000132. The van der Waals surface area contributed by atoms with Crippen LogP contribution in [0.5, 0.6) is 5.75 Å². The van der Waals surface area contributed by atoms with Crippen molar-refractivity contribution in [3.63, 3.8) is 0 Å². The van der Waals surface area contributed by atoms with Gasteiger partial charge < -0.3 is 5.11 Å². The number of nitro groups is 1. The van der Waals surface area contributed by atoms with Crippen LogP contribution in [0, 0.1) is 10.1 Å². The minimum atomic E-state index is -0.435. The van der Waals surface area contributed by atoms with E-state index in [1.807, 2.05) is 12.1 Å². The maximum atomic E-state index is 10.7. The molecule has 0 aliphatic rings. The third-order valence-corrected chi connectivity index (χ3v) is 4.22. The molecule has 8 heteroatoms. The quantitative estimate of drug-likeness (QED) is 0.226. The summed E-state index contributed by atoms with van der Waals surface area (Å²) in [6, 6.07) is 10.1. The number of nitrogens with zero attached hydrogens (tertiary/aromatic N) is 2. The third kappa shape index (κ3) is 8.06. The fraction of sp³-hybridized carbons (Fsp3) is 0.381. The van der Waals surface area contributed by atoms with E-state index in [-0.39, 0.29) is 40.8 Å². The average molecular weight is 605 g/mol.